The first-order chi connectivity index (χ1) is 15.7. The van der Waals surface area contributed by atoms with Crippen LogP contribution in [-0.4, -0.2) is 41.3 Å². The molecule has 3 N–H and O–H groups in total. The molecule has 0 bridgehead atoms. The van der Waals surface area contributed by atoms with Gasteiger partial charge in [0, 0.05) is 5.92 Å². The van der Waals surface area contributed by atoms with Crippen LogP contribution < -0.4 is 10.6 Å². The summed E-state index contributed by atoms with van der Waals surface area (Å²) in [5.74, 6) is -2.05. The Morgan fingerprint density at radius 3 is 2.06 bits per heavy atom. The van der Waals surface area contributed by atoms with Crippen molar-refractivity contribution in [1.82, 2.24) is 10.6 Å². The third-order valence-electron chi connectivity index (χ3n) is 6.19. The van der Waals surface area contributed by atoms with Crippen molar-refractivity contribution in [3.8, 4) is 11.1 Å². The molecule has 1 aliphatic carbocycles. The molecule has 176 valence electrons. The Bertz CT molecular complexity index is 989. The molecule has 2 unspecified atom stereocenters. The molecule has 2 amide bonds. The summed E-state index contributed by atoms with van der Waals surface area (Å²) in [6.07, 6.45) is 0.250. The standard InChI is InChI=1S/C26H32N2O5/c1-5-14-26(4,24(31)27-22(16(2)3)23(29)30)28-25(32)33-15-21-19-12-8-6-10-17(19)18-11-7-9-13-20(18)21/h6-13,16,21-22H,5,14-15H2,1-4H3,(H,27,31)(H,28,32)(H,29,30). The monoisotopic (exact) mass is 452 g/mol. The summed E-state index contributed by atoms with van der Waals surface area (Å²) in [6, 6.07) is 15.1. The highest BCUT2D eigenvalue weighted by atomic mass is 16.5. The van der Waals surface area contributed by atoms with E-state index < -0.39 is 29.6 Å². The summed E-state index contributed by atoms with van der Waals surface area (Å²) in [6.45, 7) is 7.05. The maximum atomic E-state index is 13.0. The topological polar surface area (TPSA) is 105 Å². The summed E-state index contributed by atoms with van der Waals surface area (Å²) in [7, 11) is 0. The first kappa shape index (κ1) is 24.3. The lowest BCUT2D eigenvalue weighted by atomic mass is 9.93. The van der Waals surface area contributed by atoms with Crippen molar-refractivity contribution < 1.29 is 24.2 Å². The van der Waals surface area contributed by atoms with Gasteiger partial charge in [-0.15, -0.1) is 0 Å². The van der Waals surface area contributed by atoms with Crippen molar-refractivity contribution >= 4 is 18.0 Å². The van der Waals surface area contributed by atoms with E-state index in [1.807, 2.05) is 43.3 Å². The third kappa shape index (κ3) is 5.18. The van der Waals surface area contributed by atoms with Crippen LogP contribution in [0.15, 0.2) is 48.5 Å². The second kappa shape index (κ2) is 10.1. The van der Waals surface area contributed by atoms with Crippen molar-refractivity contribution in [2.75, 3.05) is 6.61 Å². The Labute approximate surface area is 194 Å². The van der Waals surface area contributed by atoms with Gasteiger partial charge in [-0.25, -0.2) is 9.59 Å². The van der Waals surface area contributed by atoms with Gasteiger partial charge in [0.05, 0.1) is 0 Å². The SMILES string of the molecule is CCCC(C)(NC(=O)OCC1c2ccccc2-c2ccccc21)C(=O)NC(C(=O)O)C(C)C. The molecule has 2 aromatic rings. The minimum atomic E-state index is -1.29. The molecule has 0 spiro atoms. The fraction of sp³-hybridized carbons (Fsp3) is 0.423. The van der Waals surface area contributed by atoms with Crippen molar-refractivity contribution in [3.05, 3.63) is 59.7 Å². The fourth-order valence-corrected chi connectivity index (χ4v) is 4.41. The largest absolute Gasteiger partial charge is 0.480 e. The van der Waals surface area contributed by atoms with Gasteiger partial charge in [0.2, 0.25) is 5.91 Å². The van der Waals surface area contributed by atoms with E-state index in [1.165, 1.54) is 0 Å². The molecule has 3 rings (SSSR count). The molecule has 2 aromatic carbocycles. The minimum Gasteiger partial charge on any atom is -0.480 e. The molecule has 0 saturated carbocycles. The highest BCUT2D eigenvalue weighted by Gasteiger charge is 2.38. The maximum absolute atomic E-state index is 13.0. The average Bonchev–Trinajstić information content (AvgIpc) is 3.09. The molecule has 1 aliphatic rings. The molecular weight excluding hydrogens is 420 g/mol. The molecule has 7 nitrogen and oxygen atoms in total. The van der Waals surface area contributed by atoms with Gasteiger partial charge in [0.25, 0.3) is 0 Å². The zero-order chi connectivity index (χ0) is 24.2. The van der Waals surface area contributed by atoms with E-state index in [9.17, 15) is 19.5 Å². The number of hydrogen-bond acceptors (Lipinski definition) is 4. The fourth-order valence-electron chi connectivity index (χ4n) is 4.41. The Morgan fingerprint density at radius 1 is 1.03 bits per heavy atom. The predicted molar refractivity (Wildman–Crippen MR) is 126 cm³/mol. The molecule has 2 atom stereocenters. The van der Waals surface area contributed by atoms with E-state index in [4.69, 9.17) is 4.74 Å². The van der Waals surface area contributed by atoms with Crippen LogP contribution >= 0.6 is 0 Å². The smallest absolute Gasteiger partial charge is 0.408 e. The molecular formula is C26H32N2O5. The van der Waals surface area contributed by atoms with Crippen LogP contribution in [-0.2, 0) is 14.3 Å². The van der Waals surface area contributed by atoms with Crippen molar-refractivity contribution in [3.63, 3.8) is 0 Å². The number of ether oxygens (including phenoxy) is 1. The van der Waals surface area contributed by atoms with Crippen molar-refractivity contribution in [2.24, 2.45) is 5.92 Å². The average molecular weight is 453 g/mol. The molecule has 7 heteroatoms. The van der Waals surface area contributed by atoms with Gasteiger partial charge in [-0.3, -0.25) is 4.79 Å². The van der Waals surface area contributed by atoms with E-state index in [-0.39, 0.29) is 18.4 Å². The van der Waals surface area contributed by atoms with Crippen LogP contribution in [0.5, 0.6) is 0 Å². The van der Waals surface area contributed by atoms with Gasteiger partial charge in [-0.1, -0.05) is 75.7 Å². The van der Waals surface area contributed by atoms with E-state index >= 15 is 0 Å². The molecule has 0 radical (unpaired) electrons. The van der Waals surface area contributed by atoms with Crippen LogP contribution in [0.3, 0.4) is 0 Å². The second-order valence-corrected chi connectivity index (χ2v) is 9.07. The zero-order valence-corrected chi connectivity index (χ0v) is 19.6. The number of carboxylic acid groups (broad SMARTS) is 1. The molecule has 0 aliphatic heterocycles. The van der Waals surface area contributed by atoms with E-state index in [0.29, 0.717) is 12.8 Å². The lowest BCUT2D eigenvalue weighted by molar-refractivity contribution is -0.144. The summed E-state index contributed by atoms with van der Waals surface area (Å²) >= 11 is 0. The van der Waals surface area contributed by atoms with Crippen LogP contribution in [0, 0.1) is 5.92 Å². The Hall–Kier alpha value is -3.35. The normalized spacial score (nSPS) is 15.2. The van der Waals surface area contributed by atoms with Crippen LogP contribution in [0.25, 0.3) is 11.1 Å². The van der Waals surface area contributed by atoms with E-state index in [1.54, 1.807) is 20.8 Å². The van der Waals surface area contributed by atoms with Crippen LogP contribution in [0.4, 0.5) is 4.79 Å². The van der Waals surface area contributed by atoms with Crippen LogP contribution in [0.2, 0.25) is 0 Å². The van der Waals surface area contributed by atoms with E-state index in [2.05, 4.69) is 22.8 Å². The lowest BCUT2D eigenvalue weighted by Gasteiger charge is -2.31. The highest BCUT2D eigenvalue weighted by Crippen LogP contribution is 2.44. The minimum absolute atomic E-state index is 0.0910. The molecule has 33 heavy (non-hydrogen) atoms. The summed E-state index contributed by atoms with van der Waals surface area (Å²) in [5.41, 5.74) is 3.17. The summed E-state index contributed by atoms with van der Waals surface area (Å²) in [5, 5.41) is 14.7. The lowest BCUT2D eigenvalue weighted by Crippen LogP contribution is -2.60. The van der Waals surface area contributed by atoms with Crippen LogP contribution in [0.1, 0.15) is 57.6 Å². The number of fused-ring (bicyclic) bond motifs is 3. The van der Waals surface area contributed by atoms with Gasteiger partial charge in [0.1, 0.15) is 18.2 Å². The summed E-state index contributed by atoms with van der Waals surface area (Å²) < 4.78 is 5.59. The first-order valence-electron chi connectivity index (χ1n) is 11.3. The molecule has 0 aromatic heterocycles. The molecule has 0 fully saturated rings. The van der Waals surface area contributed by atoms with Crippen molar-refractivity contribution in [1.29, 1.82) is 0 Å². The molecule has 0 saturated heterocycles. The number of alkyl carbamates (subject to hydrolysis) is 1. The quantitative estimate of drug-likeness (QED) is 0.526. The number of amides is 2. The molecule has 0 heterocycles. The Morgan fingerprint density at radius 2 is 1.58 bits per heavy atom. The number of hydrogen-bond donors (Lipinski definition) is 3. The number of nitrogens with one attached hydrogen (secondary N) is 2. The number of benzene rings is 2. The Balaban J connectivity index is 1.71. The van der Waals surface area contributed by atoms with Gasteiger partial charge < -0.3 is 20.5 Å². The van der Waals surface area contributed by atoms with Gasteiger partial charge in [-0.05, 0) is 41.5 Å². The van der Waals surface area contributed by atoms with Gasteiger partial charge in [-0.2, -0.15) is 0 Å². The number of aliphatic carboxylic acids is 1. The number of carbonyl (C=O) groups excluding carboxylic acids is 2. The zero-order valence-electron chi connectivity index (χ0n) is 19.6. The van der Waals surface area contributed by atoms with Crippen molar-refractivity contribution in [2.45, 2.75) is 58.0 Å². The maximum Gasteiger partial charge on any atom is 0.408 e. The number of rotatable bonds is 9. The third-order valence-corrected chi connectivity index (χ3v) is 6.19. The van der Waals surface area contributed by atoms with E-state index in [0.717, 1.165) is 22.3 Å². The summed E-state index contributed by atoms with van der Waals surface area (Å²) in [4.78, 5) is 37.2. The first-order valence-corrected chi connectivity index (χ1v) is 11.3. The second-order valence-electron chi connectivity index (χ2n) is 9.07. The van der Waals surface area contributed by atoms with Gasteiger partial charge in [0.15, 0.2) is 0 Å². The highest BCUT2D eigenvalue weighted by molar-refractivity contribution is 5.92. The number of carbonyl (C=O) groups is 3. The van der Waals surface area contributed by atoms with Gasteiger partial charge >= 0.3 is 12.1 Å². The predicted octanol–water partition coefficient (Wildman–Crippen LogP) is 4.31. The number of carboxylic acids is 1. The Kier molecular flexibility index (Phi) is 7.41.